The van der Waals surface area contributed by atoms with Crippen LogP contribution < -0.4 is 5.19 Å². The SMILES string of the molecule is C[Si](C)(c1ccccc1)C1CCC(=O)/C1=C/c1ccc(Br)cc1. The van der Waals surface area contributed by atoms with Crippen molar-refractivity contribution in [2.45, 2.75) is 31.5 Å². The maximum Gasteiger partial charge on any atom is 0.158 e. The number of benzene rings is 2. The van der Waals surface area contributed by atoms with Crippen LogP contribution >= 0.6 is 15.9 Å². The highest BCUT2D eigenvalue weighted by Gasteiger charge is 2.41. The van der Waals surface area contributed by atoms with Gasteiger partial charge in [0.15, 0.2) is 5.78 Å². The molecule has 1 saturated carbocycles. The minimum atomic E-state index is -1.71. The molecule has 1 atom stereocenters. The number of hydrogen-bond acceptors (Lipinski definition) is 1. The van der Waals surface area contributed by atoms with Crippen molar-refractivity contribution >= 4 is 41.0 Å². The van der Waals surface area contributed by atoms with Crippen LogP contribution in [0.1, 0.15) is 18.4 Å². The van der Waals surface area contributed by atoms with Crippen LogP contribution in [0.2, 0.25) is 18.6 Å². The molecule has 1 aliphatic carbocycles. The number of hydrogen-bond donors (Lipinski definition) is 0. The molecule has 0 radical (unpaired) electrons. The summed E-state index contributed by atoms with van der Waals surface area (Å²) in [7, 11) is -1.71. The average molecular weight is 385 g/mol. The zero-order chi connectivity index (χ0) is 16.4. The van der Waals surface area contributed by atoms with E-state index in [1.807, 2.05) is 12.1 Å². The Morgan fingerprint density at radius 2 is 1.70 bits per heavy atom. The van der Waals surface area contributed by atoms with Crippen LogP contribution in [0.15, 0.2) is 64.6 Å². The summed E-state index contributed by atoms with van der Waals surface area (Å²) in [5.74, 6) is 0.328. The summed E-state index contributed by atoms with van der Waals surface area (Å²) in [5, 5.41) is 1.43. The largest absolute Gasteiger partial charge is 0.295 e. The van der Waals surface area contributed by atoms with Crippen LogP contribution in [0, 0.1) is 0 Å². The lowest BCUT2D eigenvalue weighted by atomic mass is 10.1. The van der Waals surface area contributed by atoms with E-state index in [2.05, 4.69) is 77.6 Å². The van der Waals surface area contributed by atoms with E-state index in [9.17, 15) is 4.79 Å². The molecule has 0 N–H and O–H groups in total. The first-order valence-electron chi connectivity index (χ1n) is 8.04. The third-order valence-corrected chi connectivity index (χ3v) is 9.63. The topological polar surface area (TPSA) is 17.1 Å². The summed E-state index contributed by atoms with van der Waals surface area (Å²) >= 11 is 3.46. The summed E-state index contributed by atoms with van der Waals surface area (Å²) in [6.45, 7) is 4.78. The van der Waals surface area contributed by atoms with E-state index in [1.165, 1.54) is 5.19 Å². The Labute approximate surface area is 147 Å². The van der Waals surface area contributed by atoms with Crippen LogP contribution in [0.3, 0.4) is 0 Å². The highest BCUT2D eigenvalue weighted by Crippen LogP contribution is 2.41. The highest BCUT2D eigenvalue weighted by molar-refractivity contribution is 9.10. The molecule has 1 unspecified atom stereocenters. The van der Waals surface area contributed by atoms with E-state index in [0.717, 1.165) is 22.0 Å². The Bertz CT molecular complexity index is 732. The fourth-order valence-corrected chi connectivity index (χ4v) is 7.11. The number of ketones is 1. The summed E-state index contributed by atoms with van der Waals surface area (Å²) in [4.78, 5) is 12.5. The van der Waals surface area contributed by atoms with Crippen molar-refractivity contribution in [1.82, 2.24) is 0 Å². The first-order chi connectivity index (χ1) is 11.0. The Morgan fingerprint density at radius 1 is 1.04 bits per heavy atom. The number of halogens is 1. The molecule has 0 bridgehead atoms. The van der Waals surface area contributed by atoms with Gasteiger partial charge in [0.05, 0.1) is 8.07 Å². The van der Waals surface area contributed by atoms with Crippen LogP contribution in [-0.4, -0.2) is 13.9 Å². The van der Waals surface area contributed by atoms with Crippen molar-refractivity contribution < 1.29 is 4.79 Å². The van der Waals surface area contributed by atoms with Crippen molar-refractivity contribution in [2.24, 2.45) is 0 Å². The molecule has 2 aromatic carbocycles. The molecule has 0 spiro atoms. The number of carbonyl (C=O) groups is 1. The molecule has 23 heavy (non-hydrogen) atoms. The minimum Gasteiger partial charge on any atom is -0.295 e. The normalized spacial score (nSPS) is 20.2. The van der Waals surface area contributed by atoms with E-state index in [-0.39, 0.29) is 0 Å². The molecule has 118 valence electrons. The molecule has 0 amide bonds. The van der Waals surface area contributed by atoms with Gasteiger partial charge in [-0.05, 0) is 41.3 Å². The Hall–Kier alpha value is -1.45. The Morgan fingerprint density at radius 3 is 2.35 bits per heavy atom. The predicted octanol–water partition coefficient (Wildman–Crippen LogP) is 5.18. The second-order valence-electron chi connectivity index (χ2n) is 6.75. The van der Waals surface area contributed by atoms with Gasteiger partial charge in [0.25, 0.3) is 0 Å². The zero-order valence-electron chi connectivity index (χ0n) is 13.6. The standard InChI is InChI=1S/C20H21BrOSi/c1-23(2,17-6-4-3-5-7-17)20-13-12-19(22)18(20)14-15-8-10-16(21)11-9-15/h3-11,14,20H,12-13H2,1-2H3/b18-14-. The lowest BCUT2D eigenvalue weighted by Crippen LogP contribution is -2.45. The fraction of sp³-hybridized carbons (Fsp3) is 0.250. The van der Waals surface area contributed by atoms with Gasteiger partial charge in [-0.3, -0.25) is 4.79 Å². The Kier molecular flexibility index (Phi) is 4.69. The van der Waals surface area contributed by atoms with Gasteiger partial charge in [0, 0.05) is 10.9 Å². The molecule has 0 heterocycles. The van der Waals surface area contributed by atoms with E-state index in [0.29, 0.717) is 17.7 Å². The van der Waals surface area contributed by atoms with E-state index in [1.54, 1.807) is 0 Å². The quantitative estimate of drug-likeness (QED) is 0.526. The first kappa shape index (κ1) is 16.4. The molecule has 1 fully saturated rings. The number of allylic oxidation sites excluding steroid dienone is 1. The second-order valence-corrected chi connectivity index (χ2v) is 12.4. The van der Waals surface area contributed by atoms with Crippen LogP contribution in [0.4, 0.5) is 0 Å². The molecule has 3 heteroatoms. The van der Waals surface area contributed by atoms with Crippen LogP contribution in [0.25, 0.3) is 6.08 Å². The van der Waals surface area contributed by atoms with Crippen LogP contribution in [0.5, 0.6) is 0 Å². The Balaban J connectivity index is 1.98. The minimum absolute atomic E-state index is 0.328. The molecular weight excluding hydrogens is 364 g/mol. The van der Waals surface area contributed by atoms with Gasteiger partial charge in [-0.15, -0.1) is 0 Å². The first-order valence-corrected chi connectivity index (χ1v) is 11.9. The average Bonchev–Trinajstić information content (AvgIpc) is 2.92. The monoisotopic (exact) mass is 384 g/mol. The summed E-state index contributed by atoms with van der Waals surface area (Å²) in [6.07, 6.45) is 3.80. The van der Waals surface area contributed by atoms with Crippen LogP contribution in [-0.2, 0) is 4.79 Å². The zero-order valence-corrected chi connectivity index (χ0v) is 16.1. The summed E-state index contributed by atoms with van der Waals surface area (Å²) in [5.41, 5.74) is 2.55. The van der Waals surface area contributed by atoms with E-state index >= 15 is 0 Å². The van der Waals surface area contributed by atoms with E-state index < -0.39 is 8.07 Å². The van der Waals surface area contributed by atoms with Gasteiger partial charge < -0.3 is 0 Å². The maximum absolute atomic E-state index is 12.5. The van der Waals surface area contributed by atoms with Gasteiger partial charge in [-0.2, -0.15) is 0 Å². The second kappa shape index (κ2) is 6.58. The van der Waals surface area contributed by atoms with Gasteiger partial charge in [0.1, 0.15) is 0 Å². The third-order valence-electron chi connectivity index (χ3n) is 4.94. The number of rotatable bonds is 3. The molecule has 3 rings (SSSR count). The van der Waals surface area contributed by atoms with Crippen molar-refractivity contribution in [3.05, 3.63) is 70.2 Å². The molecule has 2 aromatic rings. The number of carbonyl (C=O) groups excluding carboxylic acids is 1. The molecule has 1 nitrogen and oxygen atoms in total. The number of Topliss-reactive ketones (excluding diaryl/α,β-unsaturated/α-hetero) is 1. The lowest BCUT2D eigenvalue weighted by molar-refractivity contribution is -0.114. The molecule has 0 saturated heterocycles. The van der Waals surface area contributed by atoms with Gasteiger partial charge in [0.2, 0.25) is 0 Å². The van der Waals surface area contributed by atoms with Gasteiger partial charge in [-0.1, -0.05) is 76.7 Å². The molecule has 0 aromatic heterocycles. The van der Waals surface area contributed by atoms with Gasteiger partial charge >= 0.3 is 0 Å². The van der Waals surface area contributed by atoms with Crippen molar-refractivity contribution in [1.29, 1.82) is 0 Å². The smallest absolute Gasteiger partial charge is 0.158 e. The summed E-state index contributed by atoms with van der Waals surface area (Å²) < 4.78 is 1.06. The van der Waals surface area contributed by atoms with Gasteiger partial charge in [-0.25, -0.2) is 0 Å². The molecule has 1 aliphatic rings. The lowest BCUT2D eigenvalue weighted by Gasteiger charge is -2.30. The summed E-state index contributed by atoms with van der Waals surface area (Å²) in [6, 6.07) is 18.9. The van der Waals surface area contributed by atoms with Crippen molar-refractivity contribution in [3.8, 4) is 0 Å². The maximum atomic E-state index is 12.5. The van der Waals surface area contributed by atoms with Crippen molar-refractivity contribution in [3.63, 3.8) is 0 Å². The van der Waals surface area contributed by atoms with E-state index in [4.69, 9.17) is 0 Å². The molecular formula is C20H21BrOSi. The molecule has 0 aliphatic heterocycles. The highest BCUT2D eigenvalue weighted by atomic mass is 79.9. The van der Waals surface area contributed by atoms with Crippen molar-refractivity contribution in [2.75, 3.05) is 0 Å². The predicted molar refractivity (Wildman–Crippen MR) is 104 cm³/mol. The fourth-order valence-electron chi connectivity index (χ4n) is 3.51. The third kappa shape index (κ3) is 3.41.